The minimum atomic E-state index is -1.60. The summed E-state index contributed by atoms with van der Waals surface area (Å²) in [4.78, 5) is 0. The Balaban J connectivity index is 2.03. The molecule has 0 N–H and O–H groups in total. The van der Waals surface area contributed by atoms with Gasteiger partial charge < -0.3 is 9.16 Å². The number of benzene rings is 1. The van der Waals surface area contributed by atoms with Gasteiger partial charge in [-0.3, -0.25) is 0 Å². The zero-order chi connectivity index (χ0) is 21.0. The van der Waals surface area contributed by atoms with Crippen LogP contribution in [0.25, 0.3) is 0 Å². The maximum Gasteiger partial charge on any atom is 0.250 e. The van der Waals surface area contributed by atoms with E-state index in [1.165, 1.54) is 61.6 Å². The molecule has 0 amide bonds. The fourth-order valence-corrected chi connectivity index (χ4v) is 7.00. The fourth-order valence-electron chi connectivity index (χ4n) is 4.31. The van der Waals surface area contributed by atoms with Gasteiger partial charge in [0.1, 0.15) is 0 Å². The molecule has 2 rings (SSSR count). The SMILES string of the molecule is CCCCC1=C(O[Si](CC)(CC)CC)CCC[C@@H]1/C=C/COCc1ccccc1. The van der Waals surface area contributed by atoms with Crippen LogP contribution in [-0.2, 0) is 15.8 Å². The number of rotatable bonds is 13. The Bertz CT molecular complexity index is 623. The van der Waals surface area contributed by atoms with Gasteiger partial charge in [-0.1, -0.05) is 76.6 Å². The summed E-state index contributed by atoms with van der Waals surface area (Å²) < 4.78 is 12.8. The molecule has 0 aromatic heterocycles. The van der Waals surface area contributed by atoms with Crippen molar-refractivity contribution in [1.29, 1.82) is 0 Å². The highest BCUT2D eigenvalue weighted by Gasteiger charge is 2.33. The molecule has 1 atom stereocenters. The molecule has 0 spiro atoms. The van der Waals surface area contributed by atoms with E-state index in [4.69, 9.17) is 9.16 Å². The highest BCUT2D eigenvalue weighted by Crippen LogP contribution is 2.38. The topological polar surface area (TPSA) is 18.5 Å². The van der Waals surface area contributed by atoms with Crippen LogP contribution in [0.3, 0.4) is 0 Å². The number of ether oxygens (including phenoxy) is 1. The zero-order valence-electron chi connectivity index (χ0n) is 19.2. The Morgan fingerprint density at radius 3 is 2.41 bits per heavy atom. The Morgan fingerprint density at radius 2 is 1.76 bits per heavy atom. The molecular formula is C26H42O2Si. The Labute approximate surface area is 180 Å². The quantitative estimate of drug-likeness (QED) is 0.185. The highest BCUT2D eigenvalue weighted by atomic mass is 28.4. The highest BCUT2D eigenvalue weighted by molar-refractivity contribution is 6.73. The van der Waals surface area contributed by atoms with E-state index in [9.17, 15) is 0 Å². The normalized spacial score (nSPS) is 17.9. The lowest BCUT2D eigenvalue weighted by Gasteiger charge is -2.35. The molecule has 3 heteroatoms. The van der Waals surface area contributed by atoms with Crippen LogP contribution >= 0.6 is 0 Å². The molecule has 1 aliphatic carbocycles. The zero-order valence-corrected chi connectivity index (χ0v) is 20.2. The first-order chi connectivity index (χ1) is 14.2. The first-order valence-corrected chi connectivity index (χ1v) is 14.4. The van der Waals surface area contributed by atoms with E-state index >= 15 is 0 Å². The van der Waals surface area contributed by atoms with Gasteiger partial charge in [0.05, 0.1) is 19.0 Å². The van der Waals surface area contributed by atoms with Gasteiger partial charge in [0.2, 0.25) is 8.32 Å². The molecule has 1 aromatic carbocycles. The Morgan fingerprint density at radius 1 is 1.03 bits per heavy atom. The lowest BCUT2D eigenvalue weighted by atomic mass is 9.83. The molecule has 0 aliphatic heterocycles. The van der Waals surface area contributed by atoms with Crippen molar-refractivity contribution in [3.8, 4) is 0 Å². The van der Waals surface area contributed by atoms with Crippen LogP contribution < -0.4 is 0 Å². The van der Waals surface area contributed by atoms with E-state index in [0.29, 0.717) is 19.1 Å². The summed E-state index contributed by atoms with van der Waals surface area (Å²) in [7, 11) is -1.60. The van der Waals surface area contributed by atoms with Crippen molar-refractivity contribution in [2.75, 3.05) is 6.61 Å². The third kappa shape index (κ3) is 7.46. The van der Waals surface area contributed by atoms with Crippen LogP contribution in [0, 0.1) is 5.92 Å². The van der Waals surface area contributed by atoms with Crippen molar-refractivity contribution < 1.29 is 9.16 Å². The van der Waals surface area contributed by atoms with Crippen LogP contribution in [0.4, 0.5) is 0 Å². The van der Waals surface area contributed by atoms with Gasteiger partial charge >= 0.3 is 0 Å². The van der Waals surface area contributed by atoms with E-state index in [2.05, 4.69) is 64.1 Å². The maximum absolute atomic E-state index is 6.91. The smallest absolute Gasteiger partial charge is 0.250 e. The predicted molar refractivity (Wildman–Crippen MR) is 127 cm³/mol. The van der Waals surface area contributed by atoms with E-state index in [0.717, 1.165) is 6.42 Å². The average Bonchev–Trinajstić information content (AvgIpc) is 2.77. The molecule has 0 radical (unpaired) electrons. The van der Waals surface area contributed by atoms with Crippen LogP contribution in [0.15, 0.2) is 53.8 Å². The molecule has 0 unspecified atom stereocenters. The minimum absolute atomic E-state index is 0.530. The maximum atomic E-state index is 6.91. The third-order valence-corrected chi connectivity index (χ3v) is 11.0. The summed E-state index contributed by atoms with van der Waals surface area (Å²) in [5, 5.41) is 0. The van der Waals surface area contributed by atoms with Gasteiger partial charge in [0.25, 0.3) is 0 Å². The molecular weight excluding hydrogens is 372 g/mol. The van der Waals surface area contributed by atoms with Crippen LogP contribution in [0.5, 0.6) is 0 Å². The average molecular weight is 415 g/mol. The van der Waals surface area contributed by atoms with E-state index in [1.807, 2.05) is 6.07 Å². The van der Waals surface area contributed by atoms with Gasteiger partial charge in [-0.15, -0.1) is 0 Å². The van der Waals surface area contributed by atoms with Gasteiger partial charge in [0.15, 0.2) is 0 Å². The molecule has 2 nitrogen and oxygen atoms in total. The summed E-state index contributed by atoms with van der Waals surface area (Å²) in [5.74, 6) is 1.89. The summed E-state index contributed by atoms with van der Waals surface area (Å²) in [6, 6.07) is 14.1. The van der Waals surface area contributed by atoms with Crippen molar-refractivity contribution >= 4 is 8.32 Å². The summed E-state index contributed by atoms with van der Waals surface area (Å²) in [6.45, 7) is 10.6. The first kappa shape index (κ1) is 24.0. The summed E-state index contributed by atoms with van der Waals surface area (Å²) >= 11 is 0. The molecule has 0 saturated carbocycles. The number of hydrogen-bond acceptors (Lipinski definition) is 2. The number of allylic oxidation sites excluding steroid dienone is 3. The van der Waals surface area contributed by atoms with Gasteiger partial charge in [-0.05, 0) is 55.0 Å². The van der Waals surface area contributed by atoms with Crippen LogP contribution in [0.2, 0.25) is 18.1 Å². The molecule has 1 aromatic rings. The largest absolute Gasteiger partial charge is 0.547 e. The predicted octanol–water partition coefficient (Wildman–Crippen LogP) is 8.03. The number of hydrogen-bond donors (Lipinski definition) is 0. The van der Waals surface area contributed by atoms with Crippen molar-refractivity contribution in [2.24, 2.45) is 5.92 Å². The van der Waals surface area contributed by atoms with Crippen molar-refractivity contribution in [2.45, 2.75) is 91.0 Å². The Kier molecular flexibility index (Phi) is 10.8. The van der Waals surface area contributed by atoms with Gasteiger partial charge in [-0.2, -0.15) is 0 Å². The van der Waals surface area contributed by atoms with Gasteiger partial charge in [-0.25, -0.2) is 0 Å². The molecule has 0 bridgehead atoms. The standard InChI is InChI=1S/C26H42O2Si/c1-5-9-19-25-24(18-14-21-27-22-23-15-11-10-12-16-23)17-13-20-26(25)28-29(6-2,7-3)8-4/h10-12,14-16,18,24H,5-9,13,17,19-22H2,1-4H3/b18-14+/t24-/m1/s1. The second kappa shape index (κ2) is 13.1. The molecule has 1 aliphatic rings. The molecule has 0 saturated heterocycles. The first-order valence-electron chi connectivity index (χ1n) is 11.9. The van der Waals surface area contributed by atoms with Crippen molar-refractivity contribution in [1.82, 2.24) is 0 Å². The lowest BCUT2D eigenvalue weighted by molar-refractivity contribution is 0.148. The fraction of sp³-hybridized carbons (Fsp3) is 0.615. The second-order valence-corrected chi connectivity index (χ2v) is 13.0. The van der Waals surface area contributed by atoms with E-state index in [-0.39, 0.29) is 0 Å². The summed E-state index contributed by atoms with van der Waals surface area (Å²) in [5.41, 5.74) is 2.82. The van der Waals surface area contributed by atoms with E-state index in [1.54, 1.807) is 5.57 Å². The second-order valence-electron chi connectivity index (χ2n) is 8.33. The Hall–Kier alpha value is -1.32. The summed E-state index contributed by atoms with van der Waals surface area (Å²) in [6.07, 6.45) is 11.9. The molecule has 162 valence electrons. The lowest BCUT2D eigenvalue weighted by Crippen LogP contribution is -2.36. The van der Waals surface area contributed by atoms with E-state index < -0.39 is 8.32 Å². The third-order valence-electron chi connectivity index (χ3n) is 6.49. The molecule has 0 heterocycles. The van der Waals surface area contributed by atoms with Crippen molar-refractivity contribution in [3.05, 3.63) is 59.4 Å². The number of unbranched alkanes of at least 4 members (excludes halogenated alkanes) is 1. The molecule has 29 heavy (non-hydrogen) atoms. The molecule has 0 fully saturated rings. The monoisotopic (exact) mass is 414 g/mol. The minimum Gasteiger partial charge on any atom is -0.547 e. The van der Waals surface area contributed by atoms with Gasteiger partial charge in [0, 0.05) is 12.3 Å². The van der Waals surface area contributed by atoms with Crippen LogP contribution in [0.1, 0.15) is 71.8 Å². The van der Waals surface area contributed by atoms with Crippen LogP contribution in [-0.4, -0.2) is 14.9 Å². The van der Waals surface area contributed by atoms with Crippen molar-refractivity contribution in [3.63, 3.8) is 0 Å².